The van der Waals surface area contributed by atoms with E-state index < -0.39 is 0 Å². The van der Waals surface area contributed by atoms with Gasteiger partial charge in [-0.15, -0.1) is 0 Å². The van der Waals surface area contributed by atoms with E-state index in [4.69, 9.17) is 11.6 Å². The average molecular weight is 270 g/mol. The molecule has 1 N–H and O–H groups in total. The number of aliphatic hydroxyl groups excluding tert-OH is 1. The molecule has 0 spiro atoms. The lowest BCUT2D eigenvalue weighted by Crippen LogP contribution is -2.44. The maximum atomic E-state index is 13.3. The maximum absolute atomic E-state index is 13.3. The summed E-state index contributed by atoms with van der Waals surface area (Å²) < 4.78 is 13.3. The Morgan fingerprint density at radius 2 is 1.94 bits per heavy atom. The van der Waals surface area contributed by atoms with E-state index in [2.05, 4.69) is 4.90 Å². The molecule has 2 unspecified atom stereocenters. The van der Waals surface area contributed by atoms with Crippen LogP contribution in [-0.2, 0) is 6.54 Å². The molecule has 2 bridgehead atoms. The zero-order chi connectivity index (χ0) is 12.7. The molecular weight excluding hydrogens is 253 g/mol. The van der Waals surface area contributed by atoms with Crippen LogP contribution in [0.1, 0.15) is 31.2 Å². The summed E-state index contributed by atoms with van der Waals surface area (Å²) in [6, 6.07) is 5.39. The van der Waals surface area contributed by atoms with E-state index in [1.807, 2.05) is 0 Å². The number of benzene rings is 1. The number of halogens is 2. The first-order chi connectivity index (χ1) is 8.63. The van der Waals surface area contributed by atoms with Crippen LogP contribution in [0.15, 0.2) is 18.2 Å². The molecule has 1 aromatic carbocycles. The molecule has 0 saturated carbocycles. The van der Waals surface area contributed by atoms with Crippen LogP contribution in [0.4, 0.5) is 4.39 Å². The minimum absolute atomic E-state index is 0.165. The molecule has 2 aliphatic heterocycles. The molecule has 2 nitrogen and oxygen atoms in total. The van der Waals surface area contributed by atoms with Gasteiger partial charge in [-0.3, -0.25) is 4.90 Å². The molecule has 2 atom stereocenters. The van der Waals surface area contributed by atoms with E-state index in [1.54, 1.807) is 6.07 Å². The van der Waals surface area contributed by atoms with Crippen LogP contribution in [0.5, 0.6) is 0 Å². The average Bonchev–Trinajstić information content (AvgIpc) is 2.57. The summed E-state index contributed by atoms with van der Waals surface area (Å²) in [7, 11) is 0. The second-order valence-corrected chi connectivity index (χ2v) is 5.83. The Morgan fingerprint density at radius 1 is 1.28 bits per heavy atom. The first kappa shape index (κ1) is 12.4. The highest BCUT2D eigenvalue weighted by molar-refractivity contribution is 6.31. The molecule has 18 heavy (non-hydrogen) atoms. The number of nitrogens with zero attached hydrogens (tertiary/aromatic N) is 1. The van der Waals surface area contributed by atoms with E-state index in [1.165, 1.54) is 12.1 Å². The molecule has 2 heterocycles. The fourth-order valence-corrected chi connectivity index (χ4v) is 3.54. The van der Waals surface area contributed by atoms with Gasteiger partial charge >= 0.3 is 0 Å². The number of hydrogen-bond donors (Lipinski definition) is 1. The number of piperidine rings is 1. The van der Waals surface area contributed by atoms with Crippen molar-refractivity contribution >= 4 is 11.6 Å². The van der Waals surface area contributed by atoms with Crippen molar-refractivity contribution in [1.82, 2.24) is 4.90 Å². The Bertz CT molecular complexity index is 439. The lowest BCUT2D eigenvalue weighted by Gasteiger charge is -2.37. The van der Waals surface area contributed by atoms with Gasteiger partial charge in [0.2, 0.25) is 0 Å². The monoisotopic (exact) mass is 269 g/mol. The van der Waals surface area contributed by atoms with Crippen LogP contribution in [-0.4, -0.2) is 28.2 Å². The lowest BCUT2D eigenvalue weighted by atomic mass is 9.99. The highest BCUT2D eigenvalue weighted by Crippen LogP contribution is 2.37. The third-order valence-electron chi connectivity index (χ3n) is 4.22. The Balaban J connectivity index is 1.79. The molecule has 2 saturated heterocycles. The first-order valence-electron chi connectivity index (χ1n) is 6.51. The minimum Gasteiger partial charge on any atom is -0.393 e. The summed E-state index contributed by atoms with van der Waals surface area (Å²) in [6.07, 6.45) is 3.78. The predicted molar refractivity (Wildman–Crippen MR) is 69.0 cm³/mol. The van der Waals surface area contributed by atoms with Crippen molar-refractivity contribution in [1.29, 1.82) is 0 Å². The topological polar surface area (TPSA) is 23.5 Å². The summed E-state index contributed by atoms with van der Waals surface area (Å²) in [5, 5.41) is 10.4. The summed E-state index contributed by atoms with van der Waals surface area (Å²) in [5.74, 6) is -0.237. The van der Waals surface area contributed by atoms with Crippen molar-refractivity contribution < 1.29 is 9.50 Å². The minimum atomic E-state index is -0.237. The Kier molecular flexibility index (Phi) is 3.31. The van der Waals surface area contributed by atoms with Crippen molar-refractivity contribution in [3.8, 4) is 0 Å². The molecule has 0 aromatic heterocycles. The van der Waals surface area contributed by atoms with Gasteiger partial charge in [-0.1, -0.05) is 11.6 Å². The van der Waals surface area contributed by atoms with E-state index in [0.717, 1.165) is 31.2 Å². The van der Waals surface area contributed by atoms with Gasteiger partial charge in [-0.2, -0.15) is 0 Å². The molecule has 4 heteroatoms. The molecule has 2 fully saturated rings. The zero-order valence-electron chi connectivity index (χ0n) is 10.1. The van der Waals surface area contributed by atoms with Gasteiger partial charge in [0.15, 0.2) is 0 Å². The van der Waals surface area contributed by atoms with Crippen LogP contribution in [0.25, 0.3) is 0 Å². The normalized spacial score (nSPS) is 31.8. The SMILES string of the molecule is OC1CC2CCC(C1)N2Cc1cc(F)ccc1Cl. The Labute approximate surface area is 111 Å². The number of rotatable bonds is 2. The second-order valence-electron chi connectivity index (χ2n) is 5.42. The van der Waals surface area contributed by atoms with Gasteiger partial charge in [0.05, 0.1) is 6.10 Å². The van der Waals surface area contributed by atoms with Crippen molar-refractivity contribution in [2.75, 3.05) is 0 Å². The van der Waals surface area contributed by atoms with Gasteiger partial charge in [-0.25, -0.2) is 4.39 Å². The van der Waals surface area contributed by atoms with Gasteiger partial charge in [-0.05, 0) is 49.4 Å². The zero-order valence-corrected chi connectivity index (χ0v) is 10.9. The Hall–Kier alpha value is -0.640. The summed E-state index contributed by atoms with van der Waals surface area (Å²) in [5.41, 5.74) is 0.852. The maximum Gasteiger partial charge on any atom is 0.123 e. The second kappa shape index (κ2) is 4.80. The predicted octanol–water partition coefficient (Wildman–Crippen LogP) is 2.97. The van der Waals surface area contributed by atoms with Gasteiger partial charge in [0.25, 0.3) is 0 Å². The van der Waals surface area contributed by atoms with E-state index >= 15 is 0 Å². The summed E-state index contributed by atoms with van der Waals surface area (Å²) >= 11 is 6.12. The Morgan fingerprint density at radius 3 is 2.61 bits per heavy atom. The lowest BCUT2D eigenvalue weighted by molar-refractivity contribution is 0.0310. The first-order valence-corrected chi connectivity index (χ1v) is 6.89. The van der Waals surface area contributed by atoms with Crippen LogP contribution in [0, 0.1) is 5.82 Å². The molecule has 0 aliphatic carbocycles. The summed E-state index contributed by atoms with van der Waals surface area (Å²) in [4.78, 5) is 2.38. The van der Waals surface area contributed by atoms with E-state index in [9.17, 15) is 9.50 Å². The molecule has 0 amide bonds. The molecular formula is C14H17ClFNO. The third kappa shape index (κ3) is 2.27. The molecule has 1 aromatic rings. The van der Waals surface area contributed by atoms with Crippen molar-refractivity contribution in [3.05, 3.63) is 34.6 Å². The molecule has 3 rings (SSSR count). The number of aliphatic hydroxyl groups is 1. The van der Waals surface area contributed by atoms with Crippen LogP contribution >= 0.6 is 11.6 Å². The van der Waals surface area contributed by atoms with Crippen molar-refractivity contribution in [2.45, 2.75) is 50.4 Å². The van der Waals surface area contributed by atoms with Crippen molar-refractivity contribution in [3.63, 3.8) is 0 Å². The van der Waals surface area contributed by atoms with Gasteiger partial charge < -0.3 is 5.11 Å². The quantitative estimate of drug-likeness (QED) is 0.892. The standard InChI is InChI=1S/C14H17ClFNO/c15-14-4-1-10(16)5-9(14)8-17-11-2-3-12(17)7-13(18)6-11/h1,4-5,11-13,18H,2-3,6-8H2. The number of fused-ring (bicyclic) bond motifs is 2. The van der Waals surface area contributed by atoms with E-state index in [0.29, 0.717) is 23.7 Å². The molecule has 0 radical (unpaired) electrons. The fourth-order valence-electron chi connectivity index (χ4n) is 3.36. The fraction of sp³-hybridized carbons (Fsp3) is 0.571. The number of hydrogen-bond acceptors (Lipinski definition) is 2. The van der Waals surface area contributed by atoms with Crippen LogP contribution < -0.4 is 0 Å². The van der Waals surface area contributed by atoms with Gasteiger partial charge in [0.1, 0.15) is 5.82 Å². The highest BCUT2D eigenvalue weighted by Gasteiger charge is 2.40. The van der Waals surface area contributed by atoms with Crippen molar-refractivity contribution in [2.24, 2.45) is 0 Å². The van der Waals surface area contributed by atoms with Crippen LogP contribution in [0.3, 0.4) is 0 Å². The highest BCUT2D eigenvalue weighted by atomic mass is 35.5. The molecule has 2 aliphatic rings. The smallest absolute Gasteiger partial charge is 0.123 e. The largest absolute Gasteiger partial charge is 0.393 e. The summed E-state index contributed by atoms with van der Waals surface area (Å²) in [6.45, 7) is 0.693. The van der Waals surface area contributed by atoms with E-state index in [-0.39, 0.29) is 11.9 Å². The molecule has 98 valence electrons. The van der Waals surface area contributed by atoms with Crippen LogP contribution in [0.2, 0.25) is 5.02 Å². The van der Waals surface area contributed by atoms with Gasteiger partial charge in [0, 0.05) is 23.7 Å². The third-order valence-corrected chi connectivity index (χ3v) is 4.59.